The second-order valence-electron chi connectivity index (χ2n) is 7.93. The van der Waals surface area contributed by atoms with E-state index in [9.17, 15) is 22.8 Å². The van der Waals surface area contributed by atoms with Gasteiger partial charge in [-0.3, -0.25) is 9.59 Å². The number of anilines is 2. The third-order valence-corrected chi connectivity index (χ3v) is 5.36. The minimum atomic E-state index is -4.74. The number of pyridine rings is 1. The minimum Gasteiger partial charge on any atom is -0.381 e. The monoisotopic (exact) mass is 508 g/mol. The van der Waals surface area contributed by atoms with E-state index in [1.165, 1.54) is 35.0 Å². The van der Waals surface area contributed by atoms with Crippen molar-refractivity contribution in [1.82, 2.24) is 14.8 Å². The van der Waals surface area contributed by atoms with E-state index in [0.717, 1.165) is 6.08 Å². The fourth-order valence-electron chi connectivity index (χ4n) is 3.41. The van der Waals surface area contributed by atoms with Crippen molar-refractivity contribution in [2.45, 2.75) is 32.5 Å². The maximum absolute atomic E-state index is 13.5. The Morgan fingerprint density at radius 1 is 1.19 bits per heavy atom. The molecule has 0 saturated carbocycles. The summed E-state index contributed by atoms with van der Waals surface area (Å²) in [5, 5.41) is 20.2. The van der Waals surface area contributed by atoms with Gasteiger partial charge in [0.05, 0.1) is 12.2 Å². The Balaban J connectivity index is 1.66. The standard InChI is InChI=1S/C23H27F3N6O4/c1-2-35-12-9-32-14-16(3-6-21(32)33)22(34)29-20-5-4-19(30-31-20)28-18(23(24,25)26)13-17(27)15-7-10-36-11-8-15/h3-6,13-15,27H,2,7-12H2,1H3,(H,28,30)(H,29,31,34)/b18-13-,27-17?. The van der Waals surface area contributed by atoms with E-state index in [0.29, 0.717) is 39.3 Å². The molecule has 0 aromatic carbocycles. The Morgan fingerprint density at radius 3 is 2.47 bits per heavy atom. The van der Waals surface area contributed by atoms with Crippen LogP contribution in [0.25, 0.3) is 0 Å². The highest BCUT2D eigenvalue weighted by Crippen LogP contribution is 2.28. The molecule has 1 fully saturated rings. The zero-order valence-electron chi connectivity index (χ0n) is 19.6. The van der Waals surface area contributed by atoms with Crippen LogP contribution >= 0.6 is 0 Å². The minimum absolute atomic E-state index is 0.00473. The molecule has 2 aromatic rings. The number of amides is 1. The first-order valence-electron chi connectivity index (χ1n) is 11.3. The van der Waals surface area contributed by atoms with Gasteiger partial charge in [-0.05, 0) is 44.0 Å². The van der Waals surface area contributed by atoms with E-state index in [-0.39, 0.29) is 40.9 Å². The van der Waals surface area contributed by atoms with Crippen molar-refractivity contribution < 1.29 is 27.4 Å². The summed E-state index contributed by atoms with van der Waals surface area (Å²) < 4.78 is 52.4. The van der Waals surface area contributed by atoms with Crippen molar-refractivity contribution in [3.05, 3.63) is 58.2 Å². The Bertz CT molecular complexity index is 1140. The topological polar surface area (TPSA) is 131 Å². The first-order valence-corrected chi connectivity index (χ1v) is 11.3. The largest absolute Gasteiger partial charge is 0.431 e. The molecule has 1 saturated heterocycles. The first-order chi connectivity index (χ1) is 17.2. The average molecular weight is 509 g/mol. The lowest BCUT2D eigenvalue weighted by atomic mass is 9.94. The van der Waals surface area contributed by atoms with Crippen LogP contribution in [0.3, 0.4) is 0 Å². The number of nitrogens with one attached hydrogen (secondary N) is 3. The van der Waals surface area contributed by atoms with Gasteiger partial charge in [0.2, 0.25) is 0 Å². The molecule has 0 radical (unpaired) electrons. The van der Waals surface area contributed by atoms with Gasteiger partial charge in [-0.15, -0.1) is 10.2 Å². The number of ether oxygens (including phenoxy) is 2. The predicted molar refractivity (Wildman–Crippen MR) is 126 cm³/mol. The molecule has 10 nitrogen and oxygen atoms in total. The van der Waals surface area contributed by atoms with E-state index < -0.39 is 17.8 Å². The molecule has 3 N–H and O–H groups in total. The Hall–Kier alpha value is -3.58. The molecule has 3 rings (SSSR count). The van der Waals surface area contributed by atoms with Gasteiger partial charge in [0, 0.05) is 50.3 Å². The zero-order valence-corrected chi connectivity index (χ0v) is 19.6. The van der Waals surface area contributed by atoms with Gasteiger partial charge in [-0.2, -0.15) is 13.2 Å². The summed E-state index contributed by atoms with van der Waals surface area (Å²) in [6, 6.07) is 5.12. The summed E-state index contributed by atoms with van der Waals surface area (Å²) in [6.45, 7) is 3.72. The fourth-order valence-corrected chi connectivity index (χ4v) is 3.41. The number of nitrogens with zero attached hydrogens (tertiary/aromatic N) is 3. The number of hydrogen-bond acceptors (Lipinski definition) is 8. The molecular weight excluding hydrogens is 481 g/mol. The molecule has 194 valence electrons. The molecular formula is C23H27F3N6O4. The molecule has 0 spiro atoms. The van der Waals surface area contributed by atoms with Crippen molar-refractivity contribution >= 4 is 23.3 Å². The van der Waals surface area contributed by atoms with Crippen LogP contribution in [0.1, 0.15) is 30.1 Å². The summed E-state index contributed by atoms with van der Waals surface area (Å²) >= 11 is 0. The van der Waals surface area contributed by atoms with Crippen molar-refractivity contribution in [2.24, 2.45) is 5.92 Å². The predicted octanol–water partition coefficient (Wildman–Crippen LogP) is 3.23. The Labute approximate surface area is 205 Å². The van der Waals surface area contributed by atoms with Gasteiger partial charge in [0.25, 0.3) is 11.5 Å². The van der Waals surface area contributed by atoms with Crippen LogP contribution in [0.2, 0.25) is 0 Å². The second kappa shape index (κ2) is 12.4. The van der Waals surface area contributed by atoms with Gasteiger partial charge < -0.3 is 30.1 Å². The quantitative estimate of drug-likeness (QED) is 0.332. The van der Waals surface area contributed by atoms with Gasteiger partial charge in [-0.25, -0.2) is 0 Å². The fraction of sp³-hybridized carbons (Fsp3) is 0.435. The van der Waals surface area contributed by atoms with Crippen LogP contribution in [0.4, 0.5) is 24.8 Å². The summed E-state index contributed by atoms with van der Waals surface area (Å²) in [7, 11) is 0. The summed E-state index contributed by atoms with van der Waals surface area (Å²) in [4.78, 5) is 24.5. The van der Waals surface area contributed by atoms with E-state index in [1.807, 2.05) is 6.92 Å². The van der Waals surface area contributed by atoms with Crippen molar-refractivity contribution in [3.63, 3.8) is 0 Å². The average Bonchev–Trinajstić information content (AvgIpc) is 2.86. The summed E-state index contributed by atoms with van der Waals surface area (Å²) in [6.07, 6.45) is -1.63. The first kappa shape index (κ1) is 27.0. The number of aromatic nitrogens is 3. The number of carbonyl (C=O) groups excluding carboxylic acids is 1. The van der Waals surface area contributed by atoms with Crippen LogP contribution in [-0.4, -0.2) is 59.0 Å². The van der Waals surface area contributed by atoms with E-state index in [4.69, 9.17) is 14.9 Å². The van der Waals surface area contributed by atoms with Crippen LogP contribution in [0, 0.1) is 11.3 Å². The van der Waals surface area contributed by atoms with Crippen LogP contribution in [0.15, 0.2) is 47.0 Å². The van der Waals surface area contributed by atoms with Gasteiger partial charge >= 0.3 is 6.18 Å². The third-order valence-electron chi connectivity index (χ3n) is 5.36. The molecule has 1 aliphatic heterocycles. The number of alkyl halides is 3. The van der Waals surface area contributed by atoms with E-state index >= 15 is 0 Å². The van der Waals surface area contributed by atoms with Crippen LogP contribution in [-0.2, 0) is 16.0 Å². The van der Waals surface area contributed by atoms with E-state index in [2.05, 4.69) is 20.8 Å². The third kappa shape index (κ3) is 7.71. The number of rotatable bonds is 10. The highest BCUT2D eigenvalue weighted by molar-refractivity contribution is 6.03. The lowest BCUT2D eigenvalue weighted by Gasteiger charge is -2.22. The van der Waals surface area contributed by atoms with E-state index in [1.54, 1.807) is 0 Å². The summed E-state index contributed by atoms with van der Waals surface area (Å²) in [5.74, 6) is -1.09. The van der Waals surface area contributed by atoms with Gasteiger partial charge in [0.1, 0.15) is 5.70 Å². The molecule has 2 aromatic heterocycles. The van der Waals surface area contributed by atoms with Crippen LogP contribution < -0.4 is 16.2 Å². The zero-order chi connectivity index (χ0) is 26.1. The normalized spacial score (nSPS) is 14.9. The lowest BCUT2D eigenvalue weighted by molar-refractivity contribution is -0.0902. The van der Waals surface area contributed by atoms with Crippen LogP contribution in [0.5, 0.6) is 0 Å². The van der Waals surface area contributed by atoms with Crippen molar-refractivity contribution in [2.75, 3.05) is 37.1 Å². The number of carbonyl (C=O) groups is 1. The molecule has 0 bridgehead atoms. The van der Waals surface area contributed by atoms with Crippen molar-refractivity contribution in [1.29, 1.82) is 5.41 Å². The number of allylic oxidation sites excluding steroid dienone is 2. The smallest absolute Gasteiger partial charge is 0.381 e. The molecule has 0 atom stereocenters. The highest BCUT2D eigenvalue weighted by atomic mass is 19.4. The highest BCUT2D eigenvalue weighted by Gasteiger charge is 2.35. The maximum atomic E-state index is 13.5. The molecule has 13 heteroatoms. The number of hydrogen-bond donors (Lipinski definition) is 3. The van der Waals surface area contributed by atoms with Crippen molar-refractivity contribution in [3.8, 4) is 0 Å². The molecule has 1 aliphatic rings. The second-order valence-corrected chi connectivity index (χ2v) is 7.93. The van der Waals surface area contributed by atoms with Gasteiger partial charge in [0.15, 0.2) is 11.6 Å². The SMILES string of the molecule is CCOCCn1cc(C(=O)Nc2ccc(N/C(=C\C(=N)C3CCOCC3)C(F)(F)F)nn2)ccc1=O. The summed E-state index contributed by atoms with van der Waals surface area (Å²) in [5.41, 5.74) is -1.39. The molecule has 0 unspecified atom stereocenters. The molecule has 36 heavy (non-hydrogen) atoms. The molecule has 3 heterocycles. The van der Waals surface area contributed by atoms with Gasteiger partial charge in [-0.1, -0.05) is 0 Å². The molecule has 1 amide bonds. The Morgan fingerprint density at radius 2 is 1.86 bits per heavy atom. The molecule has 0 aliphatic carbocycles. The Kier molecular flexibility index (Phi) is 9.31. The lowest BCUT2D eigenvalue weighted by Crippen LogP contribution is -2.26. The number of halogens is 3. The maximum Gasteiger partial charge on any atom is 0.431 e.